The molecule has 18 heavy (non-hydrogen) atoms. The number of hydrogen-bond donors (Lipinski definition) is 1. The van der Waals surface area contributed by atoms with Gasteiger partial charge in [-0.25, -0.2) is 4.98 Å². The van der Waals surface area contributed by atoms with Crippen LogP contribution in [0.2, 0.25) is 0 Å². The van der Waals surface area contributed by atoms with Gasteiger partial charge in [0.05, 0.1) is 5.60 Å². The molecule has 1 aromatic rings. The minimum atomic E-state index is -0.579. The molecule has 1 aromatic heterocycles. The molecule has 3 unspecified atom stereocenters. The summed E-state index contributed by atoms with van der Waals surface area (Å²) < 4.78 is 1.93. The average Bonchev–Trinajstić information content (AvgIpc) is 2.72. The summed E-state index contributed by atoms with van der Waals surface area (Å²) in [6.45, 7) is 7.54. The Morgan fingerprint density at radius 2 is 2.22 bits per heavy atom. The maximum atomic E-state index is 10.7. The first-order chi connectivity index (χ1) is 8.54. The molecule has 0 radical (unpaired) electrons. The molecule has 102 valence electrons. The first-order valence-electron chi connectivity index (χ1n) is 7.13. The molecule has 4 heteroatoms. The molecule has 0 aromatic carbocycles. The number of aryl methyl sites for hydroxylation is 1. The van der Waals surface area contributed by atoms with Crippen molar-refractivity contribution < 1.29 is 5.11 Å². The van der Waals surface area contributed by atoms with E-state index in [1.807, 2.05) is 4.68 Å². The SMILES string of the molecule is CCCn1ncnc1CC1(O)CCC(C)C(C)C1. The van der Waals surface area contributed by atoms with Crippen LogP contribution in [0.25, 0.3) is 0 Å². The monoisotopic (exact) mass is 251 g/mol. The molecule has 0 aliphatic heterocycles. The van der Waals surface area contributed by atoms with Crippen LogP contribution in [-0.2, 0) is 13.0 Å². The van der Waals surface area contributed by atoms with E-state index in [1.165, 1.54) is 0 Å². The molecule has 1 saturated carbocycles. The van der Waals surface area contributed by atoms with E-state index in [-0.39, 0.29) is 0 Å². The van der Waals surface area contributed by atoms with Gasteiger partial charge in [0.1, 0.15) is 12.2 Å². The molecule has 1 N–H and O–H groups in total. The fraction of sp³-hybridized carbons (Fsp3) is 0.857. The zero-order valence-corrected chi connectivity index (χ0v) is 11.8. The topological polar surface area (TPSA) is 50.9 Å². The van der Waals surface area contributed by atoms with Crippen LogP contribution in [0.3, 0.4) is 0 Å². The van der Waals surface area contributed by atoms with Gasteiger partial charge in [-0.2, -0.15) is 5.10 Å². The fourth-order valence-electron chi connectivity index (χ4n) is 2.96. The highest BCUT2D eigenvalue weighted by Gasteiger charge is 2.37. The molecule has 1 aliphatic rings. The van der Waals surface area contributed by atoms with Crippen LogP contribution in [-0.4, -0.2) is 25.5 Å². The van der Waals surface area contributed by atoms with Crippen LogP contribution < -0.4 is 0 Å². The smallest absolute Gasteiger partial charge is 0.138 e. The fourth-order valence-corrected chi connectivity index (χ4v) is 2.96. The van der Waals surface area contributed by atoms with Gasteiger partial charge >= 0.3 is 0 Å². The highest BCUT2D eigenvalue weighted by molar-refractivity contribution is 4.98. The minimum Gasteiger partial charge on any atom is -0.389 e. The summed E-state index contributed by atoms with van der Waals surface area (Å²) in [4.78, 5) is 4.31. The lowest BCUT2D eigenvalue weighted by Crippen LogP contribution is -2.40. The quantitative estimate of drug-likeness (QED) is 0.894. The highest BCUT2D eigenvalue weighted by Crippen LogP contribution is 2.37. The van der Waals surface area contributed by atoms with E-state index < -0.39 is 5.60 Å². The number of hydrogen-bond acceptors (Lipinski definition) is 3. The molecular formula is C14H25N3O. The standard InChI is InChI=1S/C14H25N3O/c1-4-7-17-13(15-10-16-17)9-14(18)6-5-11(2)12(3)8-14/h10-12,18H,4-9H2,1-3H3. The Morgan fingerprint density at radius 3 is 2.89 bits per heavy atom. The molecule has 0 amide bonds. The third kappa shape index (κ3) is 2.91. The summed E-state index contributed by atoms with van der Waals surface area (Å²) in [6.07, 6.45) is 6.17. The van der Waals surface area contributed by atoms with Crippen molar-refractivity contribution in [3.05, 3.63) is 12.2 Å². The van der Waals surface area contributed by atoms with Crippen LogP contribution in [0.4, 0.5) is 0 Å². The molecule has 1 fully saturated rings. The first-order valence-corrected chi connectivity index (χ1v) is 7.13. The molecular weight excluding hydrogens is 226 g/mol. The van der Waals surface area contributed by atoms with Crippen molar-refractivity contribution >= 4 is 0 Å². The molecule has 0 spiro atoms. The lowest BCUT2D eigenvalue weighted by Gasteiger charge is -2.38. The second-order valence-electron chi connectivity index (χ2n) is 6.00. The van der Waals surface area contributed by atoms with E-state index in [9.17, 15) is 5.11 Å². The van der Waals surface area contributed by atoms with Crippen molar-refractivity contribution in [2.24, 2.45) is 11.8 Å². The van der Waals surface area contributed by atoms with Crippen molar-refractivity contribution in [2.45, 2.75) is 65.0 Å². The summed E-state index contributed by atoms with van der Waals surface area (Å²) >= 11 is 0. The van der Waals surface area contributed by atoms with E-state index in [1.54, 1.807) is 6.33 Å². The van der Waals surface area contributed by atoms with Gasteiger partial charge in [0.2, 0.25) is 0 Å². The van der Waals surface area contributed by atoms with Crippen molar-refractivity contribution in [1.82, 2.24) is 14.8 Å². The largest absolute Gasteiger partial charge is 0.389 e. The predicted molar refractivity (Wildman–Crippen MR) is 71.1 cm³/mol. The lowest BCUT2D eigenvalue weighted by molar-refractivity contribution is -0.0301. The lowest BCUT2D eigenvalue weighted by atomic mass is 9.72. The van der Waals surface area contributed by atoms with Crippen molar-refractivity contribution in [3.8, 4) is 0 Å². The summed E-state index contributed by atoms with van der Waals surface area (Å²) in [5.74, 6) is 2.24. The van der Waals surface area contributed by atoms with Gasteiger partial charge in [-0.05, 0) is 37.5 Å². The van der Waals surface area contributed by atoms with Crippen molar-refractivity contribution in [1.29, 1.82) is 0 Å². The van der Waals surface area contributed by atoms with Crippen molar-refractivity contribution in [3.63, 3.8) is 0 Å². The third-order valence-corrected chi connectivity index (χ3v) is 4.36. The van der Waals surface area contributed by atoms with Crippen molar-refractivity contribution in [2.75, 3.05) is 0 Å². The first kappa shape index (κ1) is 13.5. The number of nitrogens with zero attached hydrogens (tertiary/aromatic N) is 3. The molecule has 4 nitrogen and oxygen atoms in total. The number of aromatic nitrogens is 3. The van der Waals surface area contributed by atoms with E-state index in [2.05, 4.69) is 30.9 Å². The second-order valence-corrected chi connectivity index (χ2v) is 6.00. The Hall–Kier alpha value is -0.900. The van der Waals surface area contributed by atoms with Crippen LogP contribution in [0.1, 0.15) is 52.3 Å². The van der Waals surface area contributed by atoms with E-state index in [0.717, 1.165) is 44.0 Å². The zero-order valence-electron chi connectivity index (χ0n) is 11.8. The number of aliphatic hydroxyl groups is 1. The van der Waals surface area contributed by atoms with E-state index >= 15 is 0 Å². The maximum Gasteiger partial charge on any atom is 0.138 e. The third-order valence-electron chi connectivity index (χ3n) is 4.36. The molecule has 3 atom stereocenters. The van der Waals surface area contributed by atoms with Crippen LogP contribution in [0.15, 0.2) is 6.33 Å². The Balaban J connectivity index is 2.05. The predicted octanol–water partition coefficient (Wildman–Crippen LogP) is 2.42. The average molecular weight is 251 g/mol. The van der Waals surface area contributed by atoms with Gasteiger partial charge in [0.25, 0.3) is 0 Å². The van der Waals surface area contributed by atoms with Gasteiger partial charge in [-0.15, -0.1) is 0 Å². The Bertz CT molecular complexity index is 390. The summed E-state index contributed by atoms with van der Waals surface area (Å²) in [6, 6.07) is 0. The van der Waals surface area contributed by atoms with Gasteiger partial charge in [0, 0.05) is 13.0 Å². The Morgan fingerprint density at radius 1 is 1.44 bits per heavy atom. The number of rotatable bonds is 4. The van der Waals surface area contributed by atoms with Gasteiger partial charge in [0.15, 0.2) is 0 Å². The minimum absolute atomic E-state index is 0.579. The Kier molecular flexibility index (Phi) is 4.05. The van der Waals surface area contributed by atoms with E-state index in [0.29, 0.717) is 12.3 Å². The van der Waals surface area contributed by atoms with Gasteiger partial charge < -0.3 is 5.11 Å². The second kappa shape index (κ2) is 5.39. The highest BCUT2D eigenvalue weighted by atomic mass is 16.3. The van der Waals surface area contributed by atoms with Crippen LogP contribution >= 0.6 is 0 Å². The molecule has 2 rings (SSSR count). The molecule has 1 heterocycles. The molecule has 0 saturated heterocycles. The van der Waals surface area contributed by atoms with E-state index in [4.69, 9.17) is 0 Å². The van der Waals surface area contributed by atoms with Crippen LogP contribution in [0, 0.1) is 11.8 Å². The van der Waals surface area contributed by atoms with Gasteiger partial charge in [-0.1, -0.05) is 20.8 Å². The molecule has 0 bridgehead atoms. The normalized spacial score (nSPS) is 32.7. The summed E-state index contributed by atoms with van der Waals surface area (Å²) in [5.41, 5.74) is -0.579. The summed E-state index contributed by atoms with van der Waals surface area (Å²) in [7, 11) is 0. The molecule has 1 aliphatic carbocycles. The van der Waals surface area contributed by atoms with Gasteiger partial charge in [-0.3, -0.25) is 4.68 Å². The Labute approximate surface area is 109 Å². The van der Waals surface area contributed by atoms with Crippen LogP contribution in [0.5, 0.6) is 0 Å². The maximum absolute atomic E-state index is 10.7. The zero-order chi connectivity index (χ0) is 13.2. The summed E-state index contributed by atoms with van der Waals surface area (Å²) in [5, 5.41) is 15.0.